The van der Waals surface area contributed by atoms with E-state index in [9.17, 15) is 9.66 Å². The molecule has 3 nitrogen and oxygen atoms in total. The molecule has 1 heterocycles. The molecule has 0 aliphatic heterocycles. The molecule has 134 valence electrons. The second-order valence-corrected chi connectivity index (χ2v) is 9.08. The number of hydrogen-bond acceptors (Lipinski definition) is 4. The topological polar surface area (TPSA) is 56.2 Å². The molecule has 0 fully saturated rings. The number of thiazole rings is 1. The molecular formula is C19H29NO2S2. The van der Waals surface area contributed by atoms with Gasteiger partial charge in [0.1, 0.15) is 5.75 Å². The SMILES string of the molecule is CCCCCCCCCCC(O)C[S+]([O-])c1nc2ccccc2s1. The minimum absolute atomic E-state index is 0.302. The Morgan fingerprint density at radius 3 is 2.46 bits per heavy atom. The van der Waals surface area contributed by atoms with Gasteiger partial charge in [-0.25, -0.2) is 0 Å². The van der Waals surface area contributed by atoms with Crippen molar-refractivity contribution in [2.45, 2.75) is 75.2 Å². The van der Waals surface area contributed by atoms with Crippen LogP contribution < -0.4 is 0 Å². The third kappa shape index (κ3) is 6.71. The molecule has 1 aromatic heterocycles. The molecule has 0 aliphatic rings. The van der Waals surface area contributed by atoms with E-state index in [0.29, 0.717) is 10.1 Å². The van der Waals surface area contributed by atoms with E-state index < -0.39 is 17.3 Å². The van der Waals surface area contributed by atoms with E-state index in [4.69, 9.17) is 0 Å². The van der Waals surface area contributed by atoms with Crippen molar-refractivity contribution < 1.29 is 9.66 Å². The van der Waals surface area contributed by atoms with E-state index in [1.807, 2.05) is 24.3 Å². The van der Waals surface area contributed by atoms with Crippen molar-refractivity contribution in [2.75, 3.05) is 5.75 Å². The molecule has 5 heteroatoms. The van der Waals surface area contributed by atoms with Gasteiger partial charge in [-0.15, -0.1) is 0 Å². The lowest BCUT2D eigenvalue weighted by atomic mass is 10.1. The van der Waals surface area contributed by atoms with Gasteiger partial charge in [-0.3, -0.25) is 0 Å². The smallest absolute Gasteiger partial charge is 0.302 e. The number of hydrogen-bond donors (Lipinski definition) is 1. The summed E-state index contributed by atoms with van der Waals surface area (Å²) in [4.78, 5) is 4.42. The van der Waals surface area contributed by atoms with Crippen molar-refractivity contribution in [2.24, 2.45) is 0 Å². The van der Waals surface area contributed by atoms with Gasteiger partial charge in [0.25, 0.3) is 0 Å². The first kappa shape index (κ1) is 19.7. The van der Waals surface area contributed by atoms with Crippen LogP contribution in [-0.2, 0) is 11.2 Å². The van der Waals surface area contributed by atoms with Gasteiger partial charge in [0.05, 0.1) is 16.3 Å². The summed E-state index contributed by atoms with van der Waals surface area (Å²) in [5.74, 6) is 0.302. The maximum absolute atomic E-state index is 12.4. The van der Waals surface area contributed by atoms with Crippen LogP contribution in [0.25, 0.3) is 10.2 Å². The predicted molar refractivity (Wildman–Crippen MR) is 104 cm³/mol. The molecule has 2 rings (SSSR count). The van der Waals surface area contributed by atoms with Crippen LogP contribution in [-0.4, -0.2) is 26.5 Å². The fourth-order valence-corrected chi connectivity index (χ4v) is 5.19. The standard InChI is InChI=1S/C19H29NO2S2/c1-2-3-4-5-6-7-8-9-12-16(21)15-24(22)19-20-17-13-10-11-14-18(17)23-19/h10-11,13-14,16,21H,2-9,12,15H2,1H3. The first-order chi connectivity index (χ1) is 11.7. The lowest BCUT2D eigenvalue weighted by Crippen LogP contribution is -2.20. The number of benzene rings is 1. The average Bonchev–Trinajstić information content (AvgIpc) is 3.01. The normalized spacial score (nSPS) is 14.1. The summed E-state index contributed by atoms with van der Waals surface area (Å²) in [5, 5.41) is 10.1. The Morgan fingerprint density at radius 1 is 1.08 bits per heavy atom. The van der Waals surface area contributed by atoms with Gasteiger partial charge in [-0.2, -0.15) is 4.98 Å². The Balaban J connectivity index is 1.62. The predicted octanol–water partition coefficient (Wildman–Crippen LogP) is 5.30. The summed E-state index contributed by atoms with van der Waals surface area (Å²) < 4.78 is 14.0. The molecular weight excluding hydrogens is 338 g/mol. The molecule has 2 aromatic rings. The molecule has 24 heavy (non-hydrogen) atoms. The highest BCUT2D eigenvalue weighted by Crippen LogP contribution is 2.26. The van der Waals surface area contributed by atoms with E-state index in [1.165, 1.54) is 49.9 Å². The summed E-state index contributed by atoms with van der Waals surface area (Å²) in [6.45, 7) is 2.24. The number of unbranched alkanes of at least 4 members (excludes halogenated alkanes) is 7. The van der Waals surface area contributed by atoms with Crippen molar-refractivity contribution in [1.82, 2.24) is 4.98 Å². The van der Waals surface area contributed by atoms with Crippen molar-refractivity contribution in [3.05, 3.63) is 24.3 Å². The largest absolute Gasteiger partial charge is 0.609 e. The van der Waals surface area contributed by atoms with Crippen molar-refractivity contribution in [1.29, 1.82) is 0 Å². The molecule has 1 N–H and O–H groups in total. The highest BCUT2D eigenvalue weighted by molar-refractivity contribution is 7.93. The van der Waals surface area contributed by atoms with Gasteiger partial charge in [-0.05, 0) is 18.6 Å². The monoisotopic (exact) mass is 367 g/mol. The van der Waals surface area contributed by atoms with Crippen LogP contribution in [0.15, 0.2) is 28.6 Å². The molecule has 2 atom stereocenters. The maximum Gasteiger partial charge on any atom is 0.302 e. The zero-order valence-electron chi connectivity index (χ0n) is 14.6. The van der Waals surface area contributed by atoms with Crippen LogP contribution >= 0.6 is 11.3 Å². The second kappa shape index (κ2) is 11.1. The molecule has 0 saturated carbocycles. The Bertz CT molecular complexity index is 555. The number of para-hydroxylation sites is 1. The Hall–Kier alpha value is -0.620. The minimum Gasteiger partial charge on any atom is -0.609 e. The molecule has 0 amide bonds. The van der Waals surface area contributed by atoms with Crippen LogP contribution in [0.1, 0.15) is 64.7 Å². The summed E-state index contributed by atoms with van der Waals surface area (Å²) in [7, 11) is 0. The lowest BCUT2D eigenvalue weighted by molar-refractivity contribution is 0.182. The number of aromatic nitrogens is 1. The Kier molecular flexibility index (Phi) is 9.10. The number of aliphatic hydroxyl groups excluding tert-OH is 1. The van der Waals surface area contributed by atoms with Crippen molar-refractivity contribution >= 4 is 32.7 Å². The maximum atomic E-state index is 12.4. The molecule has 0 aliphatic carbocycles. The van der Waals surface area contributed by atoms with Gasteiger partial charge < -0.3 is 9.66 Å². The van der Waals surface area contributed by atoms with Gasteiger partial charge in [-0.1, -0.05) is 81.8 Å². The first-order valence-corrected chi connectivity index (χ1v) is 11.3. The molecule has 0 bridgehead atoms. The zero-order valence-corrected chi connectivity index (χ0v) is 16.2. The number of rotatable bonds is 12. The van der Waals surface area contributed by atoms with E-state index in [1.54, 1.807) is 0 Å². The number of fused-ring (bicyclic) bond motifs is 1. The first-order valence-electron chi connectivity index (χ1n) is 9.12. The van der Waals surface area contributed by atoms with Crippen LogP contribution in [0.3, 0.4) is 0 Å². The van der Waals surface area contributed by atoms with Crippen LogP contribution in [0.2, 0.25) is 0 Å². The van der Waals surface area contributed by atoms with Crippen LogP contribution in [0, 0.1) is 0 Å². The fraction of sp³-hybridized carbons (Fsp3) is 0.632. The van der Waals surface area contributed by atoms with Gasteiger partial charge in [0.15, 0.2) is 0 Å². The van der Waals surface area contributed by atoms with Gasteiger partial charge in [0.2, 0.25) is 0 Å². The van der Waals surface area contributed by atoms with Crippen LogP contribution in [0.4, 0.5) is 0 Å². The summed E-state index contributed by atoms with van der Waals surface area (Å²) >= 11 is 0.265. The molecule has 0 radical (unpaired) electrons. The van der Waals surface area contributed by atoms with Gasteiger partial charge >= 0.3 is 4.34 Å². The highest BCUT2D eigenvalue weighted by Gasteiger charge is 2.21. The third-order valence-corrected chi connectivity index (χ3v) is 7.01. The van der Waals surface area contributed by atoms with Crippen molar-refractivity contribution in [3.8, 4) is 0 Å². The molecule has 2 unspecified atom stereocenters. The van der Waals surface area contributed by atoms with Gasteiger partial charge in [0, 0.05) is 11.2 Å². The zero-order chi connectivity index (χ0) is 17.2. The van der Waals surface area contributed by atoms with Crippen molar-refractivity contribution in [3.63, 3.8) is 0 Å². The van der Waals surface area contributed by atoms with E-state index in [0.717, 1.165) is 29.5 Å². The fourth-order valence-electron chi connectivity index (χ4n) is 2.79. The summed E-state index contributed by atoms with van der Waals surface area (Å²) in [5.41, 5.74) is 0.892. The van der Waals surface area contributed by atoms with E-state index in [-0.39, 0.29) is 0 Å². The number of aliphatic hydroxyl groups is 1. The molecule has 1 aromatic carbocycles. The van der Waals surface area contributed by atoms with E-state index >= 15 is 0 Å². The quantitative estimate of drug-likeness (QED) is 0.409. The molecule has 0 saturated heterocycles. The second-order valence-electron chi connectivity index (χ2n) is 6.38. The average molecular weight is 368 g/mol. The minimum atomic E-state index is -1.20. The molecule has 0 spiro atoms. The summed E-state index contributed by atoms with van der Waals surface area (Å²) in [6, 6.07) is 7.82. The summed E-state index contributed by atoms with van der Waals surface area (Å²) in [6.07, 6.45) is 10.3. The third-order valence-electron chi connectivity index (χ3n) is 4.20. The highest BCUT2D eigenvalue weighted by atomic mass is 32.2. The Labute approximate surface area is 152 Å². The Morgan fingerprint density at radius 2 is 1.75 bits per heavy atom. The van der Waals surface area contributed by atoms with E-state index in [2.05, 4.69) is 11.9 Å². The number of nitrogens with zero attached hydrogens (tertiary/aromatic N) is 1. The lowest BCUT2D eigenvalue weighted by Gasteiger charge is -2.12. The van der Waals surface area contributed by atoms with Crippen LogP contribution in [0.5, 0.6) is 0 Å².